The summed E-state index contributed by atoms with van der Waals surface area (Å²) >= 11 is 1.64. The number of hydrogen-bond acceptors (Lipinski definition) is 6. The SMILES string of the molecule is CC1CN(c2nc3ccccc3c3nnc(C4CC4)n23)CCN1C(=O)Cc1cccs1. The van der Waals surface area contributed by atoms with Crippen LogP contribution in [0.2, 0.25) is 0 Å². The molecule has 0 N–H and O–H groups in total. The Hall–Kier alpha value is -3.00. The second-order valence-corrected chi connectivity index (χ2v) is 9.59. The molecule has 8 heteroatoms. The molecule has 2 aliphatic rings. The van der Waals surface area contributed by atoms with E-state index < -0.39 is 0 Å². The summed E-state index contributed by atoms with van der Waals surface area (Å²) in [6, 6.07) is 12.3. The van der Waals surface area contributed by atoms with Crippen molar-refractivity contribution in [3.05, 3.63) is 52.5 Å². The van der Waals surface area contributed by atoms with Crippen LogP contribution in [0, 0.1) is 0 Å². The molecular weight excluding hydrogens is 408 g/mol. The first-order valence-electron chi connectivity index (χ1n) is 10.9. The molecule has 4 aromatic rings. The van der Waals surface area contributed by atoms with Crippen molar-refractivity contribution in [3.63, 3.8) is 0 Å². The number of piperazine rings is 1. The molecule has 158 valence electrons. The van der Waals surface area contributed by atoms with Crippen molar-refractivity contribution in [2.45, 2.75) is 38.1 Å². The smallest absolute Gasteiger partial charge is 0.228 e. The Morgan fingerprint density at radius 3 is 2.77 bits per heavy atom. The van der Waals surface area contributed by atoms with Crippen LogP contribution in [-0.4, -0.2) is 56.1 Å². The van der Waals surface area contributed by atoms with Gasteiger partial charge in [0.15, 0.2) is 5.65 Å². The summed E-state index contributed by atoms with van der Waals surface area (Å²) in [5.74, 6) is 2.60. The summed E-state index contributed by atoms with van der Waals surface area (Å²) in [4.78, 5) is 23.4. The highest BCUT2D eigenvalue weighted by Crippen LogP contribution is 2.40. The second-order valence-electron chi connectivity index (χ2n) is 8.56. The summed E-state index contributed by atoms with van der Waals surface area (Å²) in [5.41, 5.74) is 1.81. The third-order valence-corrected chi connectivity index (χ3v) is 7.21. The van der Waals surface area contributed by atoms with E-state index in [9.17, 15) is 4.79 Å². The van der Waals surface area contributed by atoms with Gasteiger partial charge in [-0.2, -0.15) is 0 Å². The van der Waals surface area contributed by atoms with Crippen molar-refractivity contribution in [3.8, 4) is 0 Å². The van der Waals surface area contributed by atoms with Crippen molar-refractivity contribution in [2.75, 3.05) is 24.5 Å². The first-order valence-corrected chi connectivity index (χ1v) is 11.8. The zero-order valence-electron chi connectivity index (χ0n) is 17.4. The molecule has 4 heterocycles. The minimum absolute atomic E-state index is 0.116. The summed E-state index contributed by atoms with van der Waals surface area (Å²) in [6.45, 7) is 4.33. The van der Waals surface area contributed by atoms with Crippen LogP contribution in [0.4, 0.5) is 5.95 Å². The summed E-state index contributed by atoms with van der Waals surface area (Å²) < 4.78 is 2.16. The molecule has 1 unspecified atom stereocenters. The van der Waals surface area contributed by atoms with Gasteiger partial charge in [-0.25, -0.2) is 9.38 Å². The fourth-order valence-corrected chi connectivity index (χ4v) is 5.27. The van der Waals surface area contributed by atoms with Crippen molar-refractivity contribution in [1.29, 1.82) is 0 Å². The first-order chi connectivity index (χ1) is 15.2. The number of aromatic nitrogens is 4. The normalized spacial score (nSPS) is 19.5. The third-order valence-electron chi connectivity index (χ3n) is 6.33. The van der Waals surface area contributed by atoms with Gasteiger partial charge in [0.05, 0.1) is 11.9 Å². The highest BCUT2D eigenvalue weighted by molar-refractivity contribution is 7.10. The highest BCUT2D eigenvalue weighted by Gasteiger charge is 2.33. The number of fused-ring (bicyclic) bond motifs is 3. The van der Waals surface area contributed by atoms with E-state index in [1.54, 1.807) is 11.3 Å². The number of anilines is 1. The van der Waals surface area contributed by atoms with Crippen LogP contribution < -0.4 is 4.90 Å². The minimum atomic E-state index is 0.116. The van der Waals surface area contributed by atoms with Gasteiger partial charge in [-0.1, -0.05) is 18.2 Å². The predicted molar refractivity (Wildman–Crippen MR) is 122 cm³/mol. The minimum Gasteiger partial charge on any atom is -0.338 e. The topological polar surface area (TPSA) is 66.6 Å². The molecule has 0 radical (unpaired) electrons. The van der Waals surface area contributed by atoms with Gasteiger partial charge >= 0.3 is 0 Å². The second kappa shape index (κ2) is 7.30. The number of para-hydroxylation sites is 1. The third kappa shape index (κ3) is 3.26. The number of rotatable bonds is 4. The van der Waals surface area contributed by atoms with Gasteiger partial charge in [-0.05, 0) is 43.3 Å². The number of nitrogens with zero attached hydrogens (tertiary/aromatic N) is 6. The molecule has 2 fully saturated rings. The zero-order chi connectivity index (χ0) is 20.9. The molecule has 0 spiro atoms. The Bertz CT molecular complexity index is 1260. The van der Waals surface area contributed by atoms with Gasteiger partial charge in [0.25, 0.3) is 0 Å². The predicted octanol–water partition coefficient (Wildman–Crippen LogP) is 3.50. The van der Waals surface area contributed by atoms with Crippen LogP contribution in [0.1, 0.15) is 36.4 Å². The van der Waals surface area contributed by atoms with E-state index in [4.69, 9.17) is 4.98 Å². The first kappa shape index (κ1) is 18.7. The molecule has 0 bridgehead atoms. The fraction of sp³-hybridized carbons (Fsp3) is 0.391. The lowest BCUT2D eigenvalue weighted by molar-refractivity contribution is -0.132. The number of thiophene rings is 1. The molecule has 31 heavy (non-hydrogen) atoms. The van der Waals surface area contributed by atoms with Crippen LogP contribution in [0.25, 0.3) is 16.6 Å². The number of amides is 1. The molecule has 6 rings (SSSR count). The van der Waals surface area contributed by atoms with E-state index in [-0.39, 0.29) is 11.9 Å². The lowest BCUT2D eigenvalue weighted by atomic mass is 10.1. The number of carbonyl (C=O) groups excluding carboxylic acids is 1. The molecule has 3 aromatic heterocycles. The summed E-state index contributed by atoms with van der Waals surface area (Å²) in [5, 5.41) is 12.2. The molecule has 1 aliphatic carbocycles. The van der Waals surface area contributed by atoms with Crippen LogP contribution in [0.15, 0.2) is 41.8 Å². The van der Waals surface area contributed by atoms with Crippen molar-refractivity contribution >= 4 is 39.7 Å². The van der Waals surface area contributed by atoms with Crippen LogP contribution in [-0.2, 0) is 11.2 Å². The van der Waals surface area contributed by atoms with E-state index in [2.05, 4.69) is 32.5 Å². The highest BCUT2D eigenvalue weighted by atomic mass is 32.1. The van der Waals surface area contributed by atoms with E-state index in [1.807, 2.05) is 40.6 Å². The maximum Gasteiger partial charge on any atom is 0.228 e. The van der Waals surface area contributed by atoms with Crippen molar-refractivity contribution in [2.24, 2.45) is 0 Å². The Balaban J connectivity index is 1.33. The van der Waals surface area contributed by atoms with Gasteiger partial charge in [0.2, 0.25) is 11.9 Å². The number of carbonyl (C=O) groups is 1. The van der Waals surface area contributed by atoms with Gasteiger partial charge in [0, 0.05) is 41.9 Å². The van der Waals surface area contributed by atoms with E-state index in [1.165, 1.54) is 0 Å². The van der Waals surface area contributed by atoms with E-state index in [0.29, 0.717) is 18.9 Å². The van der Waals surface area contributed by atoms with Gasteiger partial charge in [-0.3, -0.25) is 4.79 Å². The maximum atomic E-state index is 12.9. The largest absolute Gasteiger partial charge is 0.338 e. The maximum absolute atomic E-state index is 12.9. The van der Waals surface area contributed by atoms with Crippen LogP contribution >= 0.6 is 11.3 Å². The number of hydrogen-bond donors (Lipinski definition) is 0. The number of benzene rings is 1. The molecule has 1 aromatic carbocycles. The average molecular weight is 433 g/mol. The van der Waals surface area contributed by atoms with Crippen LogP contribution in [0.3, 0.4) is 0 Å². The zero-order valence-corrected chi connectivity index (χ0v) is 18.3. The molecule has 1 saturated heterocycles. The summed E-state index contributed by atoms with van der Waals surface area (Å²) in [7, 11) is 0. The molecule has 1 amide bonds. The van der Waals surface area contributed by atoms with Gasteiger partial charge in [0.1, 0.15) is 5.82 Å². The molecule has 1 aliphatic heterocycles. The van der Waals surface area contributed by atoms with E-state index in [0.717, 1.165) is 59.1 Å². The Morgan fingerprint density at radius 2 is 2.00 bits per heavy atom. The van der Waals surface area contributed by atoms with Crippen molar-refractivity contribution in [1.82, 2.24) is 24.5 Å². The Kier molecular flexibility index (Phi) is 4.41. The monoisotopic (exact) mass is 432 g/mol. The van der Waals surface area contributed by atoms with E-state index >= 15 is 0 Å². The van der Waals surface area contributed by atoms with Gasteiger partial charge < -0.3 is 9.80 Å². The molecular formula is C23H24N6OS. The lowest BCUT2D eigenvalue weighted by Gasteiger charge is -2.40. The standard InChI is InChI=1S/C23H24N6OS/c1-15-14-27(10-11-28(15)20(30)13-17-5-4-12-31-17)23-24-19-7-3-2-6-18(19)22-26-25-21(29(22)23)16-8-9-16/h2-7,12,15-16H,8-11,13-14H2,1H3. The average Bonchev–Trinajstić information content (AvgIpc) is 3.31. The van der Waals surface area contributed by atoms with Crippen molar-refractivity contribution < 1.29 is 4.79 Å². The molecule has 1 atom stereocenters. The molecule has 7 nitrogen and oxygen atoms in total. The van der Waals surface area contributed by atoms with Gasteiger partial charge in [-0.15, -0.1) is 21.5 Å². The Labute approximate surface area is 184 Å². The summed E-state index contributed by atoms with van der Waals surface area (Å²) in [6.07, 6.45) is 2.81. The Morgan fingerprint density at radius 1 is 1.13 bits per heavy atom. The van der Waals surface area contributed by atoms with Crippen LogP contribution in [0.5, 0.6) is 0 Å². The quantitative estimate of drug-likeness (QED) is 0.494. The fourth-order valence-electron chi connectivity index (χ4n) is 4.58. The lowest BCUT2D eigenvalue weighted by Crippen LogP contribution is -2.55. The molecule has 1 saturated carbocycles.